The lowest BCUT2D eigenvalue weighted by Crippen LogP contribution is -2.34. The first-order valence-electron chi connectivity index (χ1n) is 12.0. The number of nitrogens with zero attached hydrogens (tertiary/aromatic N) is 2. The van der Waals surface area contributed by atoms with Crippen molar-refractivity contribution in [2.45, 2.75) is 53.1 Å². The van der Waals surface area contributed by atoms with E-state index in [0.717, 1.165) is 54.7 Å². The van der Waals surface area contributed by atoms with Crippen molar-refractivity contribution in [3.8, 4) is 5.75 Å². The summed E-state index contributed by atoms with van der Waals surface area (Å²) in [7, 11) is 0. The predicted molar refractivity (Wildman–Crippen MR) is 133 cm³/mol. The first-order chi connectivity index (χ1) is 16.0. The van der Waals surface area contributed by atoms with Crippen LogP contribution in [0.3, 0.4) is 0 Å². The van der Waals surface area contributed by atoms with Gasteiger partial charge in [-0.3, -0.25) is 4.79 Å². The molecule has 3 rings (SSSR count). The third kappa shape index (κ3) is 6.35. The summed E-state index contributed by atoms with van der Waals surface area (Å²) in [6.07, 6.45) is 1.94. The Labute approximate surface area is 196 Å². The van der Waals surface area contributed by atoms with E-state index in [1.165, 1.54) is 12.1 Å². The van der Waals surface area contributed by atoms with Crippen LogP contribution in [0.1, 0.15) is 56.6 Å². The summed E-state index contributed by atoms with van der Waals surface area (Å²) in [5, 5.41) is 4.05. The molecule has 5 nitrogen and oxygen atoms in total. The summed E-state index contributed by atoms with van der Waals surface area (Å²) in [6, 6.07) is 14.3. The number of ether oxygens (including phenoxy) is 1. The van der Waals surface area contributed by atoms with E-state index in [1.807, 2.05) is 48.7 Å². The zero-order valence-corrected chi connectivity index (χ0v) is 20.2. The first-order valence-corrected chi connectivity index (χ1v) is 12.0. The predicted octanol–water partition coefficient (Wildman–Crippen LogP) is 5.47. The summed E-state index contributed by atoms with van der Waals surface area (Å²) in [5.41, 5.74) is 2.25. The lowest BCUT2D eigenvalue weighted by Gasteiger charge is -2.20. The van der Waals surface area contributed by atoms with Gasteiger partial charge in [0.15, 0.2) is 0 Å². The average Bonchev–Trinajstić information content (AvgIpc) is 3.16. The standard InChI is InChI=1S/C27H36FN3O2/c1-5-30(6-2)16-10-11-20(4)29-27(32)25-18-23-24(14-9-15-26(23)33-7-3)31(25)19-21-12-8-13-22(28)17-21/h8-9,12-15,17-18,20H,5-7,10-11,16,19H2,1-4H3,(H,29,32)/t20-/m0/s1. The van der Waals surface area contributed by atoms with Crippen LogP contribution in [-0.4, -0.2) is 47.7 Å². The topological polar surface area (TPSA) is 46.5 Å². The smallest absolute Gasteiger partial charge is 0.268 e. The van der Waals surface area contributed by atoms with Crippen molar-refractivity contribution in [3.05, 3.63) is 65.6 Å². The minimum atomic E-state index is -0.285. The van der Waals surface area contributed by atoms with E-state index in [2.05, 4.69) is 24.1 Å². The fourth-order valence-corrected chi connectivity index (χ4v) is 4.25. The van der Waals surface area contributed by atoms with Crippen molar-refractivity contribution >= 4 is 16.8 Å². The summed E-state index contributed by atoms with van der Waals surface area (Å²) < 4.78 is 21.6. The number of carbonyl (C=O) groups excluding carboxylic acids is 1. The van der Waals surface area contributed by atoms with E-state index in [4.69, 9.17) is 4.74 Å². The molecular formula is C27H36FN3O2. The van der Waals surface area contributed by atoms with Crippen LogP contribution in [0.25, 0.3) is 10.9 Å². The number of hydrogen-bond donors (Lipinski definition) is 1. The average molecular weight is 454 g/mol. The van der Waals surface area contributed by atoms with Gasteiger partial charge in [0.05, 0.1) is 12.1 Å². The normalized spacial score (nSPS) is 12.3. The molecule has 0 bridgehead atoms. The van der Waals surface area contributed by atoms with Crippen molar-refractivity contribution in [3.63, 3.8) is 0 Å². The quantitative estimate of drug-likeness (QED) is 0.396. The molecule has 0 aliphatic rings. The van der Waals surface area contributed by atoms with Gasteiger partial charge in [0, 0.05) is 18.0 Å². The highest BCUT2D eigenvalue weighted by atomic mass is 19.1. The Bertz CT molecular complexity index is 1060. The fraction of sp³-hybridized carbons (Fsp3) is 0.444. The molecule has 0 aliphatic carbocycles. The van der Waals surface area contributed by atoms with E-state index in [1.54, 1.807) is 6.07 Å². The maximum absolute atomic E-state index is 13.8. The maximum Gasteiger partial charge on any atom is 0.268 e. The van der Waals surface area contributed by atoms with E-state index in [-0.39, 0.29) is 17.8 Å². The zero-order chi connectivity index (χ0) is 23.8. The Morgan fingerprint density at radius 1 is 1.12 bits per heavy atom. The van der Waals surface area contributed by atoms with Gasteiger partial charge < -0.3 is 19.5 Å². The van der Waals surface area contributed by atoms with Crippen LogP contribution in [0.5, 0.6) is 5.75 Å². The number of aromatic nitrogens is 1. The van der Waals surface area contributed by atoms with Gasteiger partial charge in [0.1, 0.15) is 17.3 Å². The van der Waals surface area contributed by atoms with Gasteiger partial charge in [-0.2, -0.15) is 0 Å². The number of rotatable bonds is 12. The Morgan fingerprint density at radius 2 is 1.88 bits per heavy atom. The van der Waals surface area contributed by atoms with Crippen LogP contribution >= 0.6 is 0 Å². The SMILES string of the molecule is CCOc1cccc2c1cc(C(=O)N[C@@H](C)CCCN(CC)CC)n2Cc1cccc(F)c1. The molecule has 33 heavy (non-hydrogen) atoms. The van der Waals surface area contributed by atoms with Crippen molar-refractivity contribution in [2.24, 2.45) is 0 Å². The number of nitrogens with one attached hydrogen (secondary N) is 1. The molecule has 0 spiro atoms. The van der Waals surface area contributed by atoms with Crippen LogP contribution in [0.15, 0.2) is 48.5 Å². The van der Waals surface area contributed by atoms with Gasteiger partial charge in [0.2, 0.25) is 0 Å². The van der Waals surface area contributed by atoms with Crippen molar-refractivity contribution in [1.82, 2.24) is 14.8 Å². The second-order valence-corrected chi connectivity index (χ2v) is 8.41. The second-order valence-electron chi connectivity index (χ2n) is 8.41. The minimum absolute atomic E-state index is 0.0556. The van der Waals surface area contributed by atoms with E-state index >= 15 is 0 Å². The van der Waals surface area contributed by atoms with Crippen LogP contribution in [-0.2, 0) is 6.54 Å². The monoisotopic (exact) mass is 453 g/mol. The summed E-state index contributed by atoms with van der Waals surface area (Å²) in [4.78, 5) is 15.7. The van der Waals surface area contributed by atoms with Crippen LogP contribution in [0.2, 0.25) is 0 Å². The third-order valence-electron chi connectivity index (χ3n) is 6.05. The molecule has 0 fully saturated rings. The molecule has 0 radical (unpaired) electrons. The number of amides is 1. The molecular weight excluding hydrogens is 417 g/mol. The van der Waals surface area contributed by atoms with Gasteiger partial charge in [-0.15, -0.1) is 0 Å². The fourth-order valence-electron chi connectivity index (χ4n) is 4.25. The molecule has 178 valence electrons. The second kappa shape index (κ2) is 11.8. The molecule has 0 saturated heterocycles. The highest BCUT2D eigenvalue weighted by Gasteiger charge is 2.20. The zero-order valence-electron chi connectivity index (χ0n) is 20.2. The van der Waals surface area contributed by atoms with E-state index in [0.29, 0.717) is 18.8 Å². The molecule has 0 aliphatic heterocycles. The van der Waals surface area contributed by atoms with Gasteiger partial charge in [-0.25, -0.2) is 4.39 Å². The van der Waals surface area contributed by atoms with Gasteiger partial charge >= 0.3 is 0 Å². The number of fused-ring (bicyclic) bond motifs is 1. The van der Waals surface area contributed by atoms with Gasteiger partial charge in [-0.1, -0.05) is 32.0 Å². The molecule has 0 unspecified atom stereocenters. The number of halogens is 1. The molecule has 1 atom stereocenters. The molecule has 1 amide bonds. The summed E-state index contributed by atoms with van der Waals surface area (Å²) in [5.74, 6) is 0.335. The third-order valence-corrected chi connectivity index (χ3v) is 6.05. The summed E-state index contributed by atoms with van der Waals surface area (Å²) >= 11 is 0. The van der Waals surface area contributed by atoms with Crippen LogP contribution < -0.4 is 10.1 Å². The number of benzene rings is 2. The lowest BCUT2D eigenvalue weighted by molar-refractivity contribution is 0.0928. The molecule has 1 aromatic heterocycles. The van der Waals surface area contributed by atoms with Crippen molar-refractivity contribution < 1.29 is 13.9 Å². The van der Waals surface area contributed by atoms with Crippen LogP contribution in [0.4, 0.5) is 4.39 Å². The molecule has 6 heteroatoms. The Hall–Kier alpha value is -2.86. The van der Waals surface area contributed by atoms with E-state index in [9.17, 15) is 9.18 Å². The van der Waals surface area contributed by atoms with Crippen molar-refractivity contribution in [2.75, 3.05) is 26.2 Å². The molecule has 2 aromatic carbocycles. The Balaban J connectivity index is 1.85. The number of hydrogen-bond acceptors (Lipinski definition) is 3. The highest BCUT2D eigenvalue weighted by molar-refractivity contribution is 6.00. The first kappa shape index (κ1) is 24.8. The minimum Gasteiger partial charge on any atom is -0.493 e. The van der Waals surface area contributed by atoms with Gasteiger partial charge in [0.25, 0.3) is 5.91 Å². The number of carbonyl (C=O) groups is 1. The maximum atomic E-state index is 13.8. The largest absolute Gasteiger partial charge is 0.493 e. The molecule has 0 saturated carbocycles. The lowest BCUT2D eigenvalue weighted by atomic mass is 10.1. The Kier molecular flexibility index (Phi) is 8.89. The molecule has 1 heterocycles. The summed E-state index contributed by atoms with van der Waals surface area (Å²) in [6.45, 7) is 12.4. The Morgan fingerprint density at radius 3 is 2.58 bits per heavy atom. The highest BCUT2D eigenvalue weighted by Crippen LogP contribution is 2.30. The molecule has 3 aromatic rings. The van der Waals surface area contributed by atoms with E-state index < -0.39 is 0 Å². The molecule has 1 N–H and O–H groups in total. The van der Waals surface area contributed by atoms with Gasteiger partial charge in [-0.05, 0) is 82.2 Å². The van der Waals surface area contributed by atoms with Crippen molar-refractivity contribution in [1.29, 1.82) is 0 Å². The van der Waals surface area contributed by atoms with Crippen LogP contribution in [0, 0.1) is 5.82 Å².